The number of aryl methyl sites for hydroxylation is 2. The summed E-state index contributed by atoms with van der Waals surface area (Å²) < 4.78 is 18.2. The fourth-order valence-corrected chi connectivity index (χ4v) is 2.13. The monoisotopic (exact) mass is 258 g/mol. The minimum absolute atomic E-state index is 0.158. The Morgan fingerprint density at radius 1 is 1.11 bits per heavy atom. The Hall–Kier alpha value is -2.16. The van der Waals surface area contributed by atoms with E-state index in [1.165, 1.54) is 31.4 Å². The molecule has 2 nitrogen and oxygen atoms in total. The number of halogens is 1. The number of hydrogen-bond donors (Lipinski definition) is 0. The summed E-state index contributed by atoms with van der Waals surface area (Å²) in [5, 5.41) is 0. The topological polar surface area (TPSA) is 26.3 Å². The predicted octanol–water partition coefficient (Wildman–Crippen LogP) is 3.68. The molecular weight excluding hydrogens is 243 g/mol. The fraction of sp³-hybridized carbons (Fsp3) is 0.188. The Bertz CT molecular complexity index is 615. The molecule has 0 aliphatic carbocycles. The van der Waals surface area contributed by atoms with Crippen molar-refractivity contribution in [3.8, 4) is 5.75 Å². The van der Waals surface area contributed by atoms with Crippen LogP contribution in [0, 0.1) is 19.7 Å². The first-order valence-corrected chi connectivity index (χ1v) is 5.98. The van der Waals surface area contributed by atoms with Crippen LogP contribution in [0.3, 0.4) is 0 Å². The van der Waals surface area contributed by atoms with E-state index in [4.69, 9.17) is 4.74 Å². The van der Waals surface area contributed by atoms with Gasteiger partial charge in [0.2, 0.25) is 0 Å². The molecule has 2 rings (SSSR count). The Morgan fingerprint density at radius 2 is 1.74 bits per heavy atom. The lowest BCUT2D eigenvalue weighted by molar-refractivity contribution is 0.103. The zero-order valence-electron chi connectivity index (χ0n) is 11.2. The molecule has 0 aliphatic heterocycles. The van der Waals surface area contributed by atoms with Crippen molar-refractivity contribution in [3.63, 3.8) is 0 Å². The number of ether oxygens (including phenoxy) is 1. The SMILES string of the molecule is COc1cc(C)cc(C)c1C(=O)c1ccc(F)cc1. The second-order valence-corrected chi connectivity index (χ2v) is 4.50. The number of benzene rings is 2. The van der Waals surface area contributed by atoms with Crippen molar-refractivity contribution in [2.24, 2.45) is 0 Å². The Morgan fingerprint density at radius 3 is 2.32 bits per heavy atom. The summed E-state index contributed by atoms with van der Waals surface area (Å²) in [6.07, 6.45) is 0. The second-order valence-electron chi connectivity index (χ2n) is 4.50. The lowest BCUT2D eigenvalue weighted by Gasteiger charge is -2.12. The lowest BCUT2D eigenvalue weighted by Crippen LogP contribution is -2.07. The predicted molar refractivity (Wildman–Crippen MR) is 72.3 cm³/mol. The van der Waals surface area contributed by atoms with Gasteiger partial charge < -0.3 is 4.74 Å². The van der Waals surface area contributed by atoms with E-state index >= 15 is 0 Å². The zero-order valence-corrected chi connectivity index (χ0v) is 11.2. The quantitative estimate of drug-likeness (QED) is 0.785. The van der Waals surface area contributed by atoms with Gasteiger partial charge in [0.1, 0.15) is 11.6 Å². The van der Waals surface area contributed by atoms with E-state index < -0.39 is 0 Å². The van der Waals surface area contributed by atoms with Gasteiger partial charge in [0, 0.05) is 5.56 Å². The number of carbonyl (C=O) groups excluding carboxylic acids is 1. The van der Waals surface area contributed by atoms with E-state index in [-0.39, 0.29) is 11.6 Å². The van der Waals surface area contributed by atoms with E-state index in [0.29, 0.717) is 16.9 Å². The highest BCUT2D eigenvalue weighted by atomic mass is 19.1. The van der Waals surface area contributed by atoms with Gasteiger partial charge in [-0.15, -0.1) is 0 Å². The van der Waals surface area contributed by atoms with Gasteiger partial charge in [0.15, 0.2) is 5.78 Å². The molecule has 0 aromatic heterocycles. The standard InChI is InChI=1S/C16H15FO2/c1-10-8-11(2)15(14(9-10)19-3)16(18)12-4-6-13(17)7-5-12/h4-9H,1-3H3. The molecule has 0 amide bonds. The second kappa shape index (κ2) is 5.22. The molecular formula is C16H15FO2. The summed E-state index contributed by atoms with van der Waals surface area (Å²) in [7, 11) is 1.54. The van der Waals surface area contributed by atoms with Gasteiger partial charge in [0.05, 0.1) is 12.7 Å². The van der Waals surface area contributed by atoms with Crippen LogP contribution < -0.4 is 4.74 Å². The summed E-state index contributed by atoms with van der Waals surface area (Å²) in [5.74, 6) is 0.0327. The smallest absolute Gasteiger partial charge is 0.197 e. The molecule has 0 bridgehead atoms. The lowest BCUT2D eigenvalue weighted by atomic mass is 9.96. The van der Waals surface area contributed by atoms with Crippen LogP contribution in [-0.4, -0.2) is 12.9 Å². The van der Waals surface area contributed by atoms with Gasteiger partial charge >= 0.3 is 0 Å². The molecule has 0 radical (unpaired) electrons. The molecule has 0 aliphatic rings. The third-order valence-corrected chi connectivity index (χ3v) is 3.00. The van der Waals surface area contributed by atoms with E-state index in [1.54, 1.807) is 0 Å². The van der Waals surface area contributed by atoms with Crippen LogP contribution in [0.25, 0.3) is 0 Å². The fourth-order valence-electron chi connectivity index (χ4n) is 2.13. The van der Waals surface area contributed by atoms with Crippen molar-refractivity contribution in [2.75, 3.05) is 7.11 Å². The van der Waals surface area contributed by atoms with Gasteiger partial charge in [-0.2, -0.15) is 0 Å². The minimum atomic E-state index is -0.357. The average Bonchev–Trinajstić information content (AvgIpc) is 2.38. The molecule has 0 saturated carbocycles. The minimum Gasteiger partial charge on any atom is -0.496 e. The first kappa shape index (κ1) is 13.3. The Balaban J connectivity index is 2.52. The van der Waals surface area contributed by atoms with Crippen molar-refractivity contribution in [1.29, 1.82) is 0 Å². The highest BCUT2D eigenvalue weighted by molar-refractivity contribution is 6.11. The number of hydrogen-bond acceptors (Lipinski definition) is 2. The summed E-state index contributed by atoms with van der Waals surface area (Å²) in [5.41, 5.74) is 2.86. The van der Waals surface area contributed by atoms with E-state index in [2.05, 4.69) is 0 Å². The number of methoxy groups -OCH3 is 1. The maximum absolute atomic E-state index is 12.9. The van der Waals surface area contributed by atoms with Crippen molar-refractivity contribution >= 4 is 5.78 Å². The van der Waals surface area contributed by atoms with Crippen molar-refractivity contribution in [2.45, 2.75) is 13.8 Å². The maximum Gasteiger partial charge on any atom is 0.197 e. The molecule has 0 fully saturated rings. The molecule has 2 aromatic rings. The normalized spacial score (nSPS) is 10.3. The number of ketones is 1. The molecule has 0 unspecified atom stereocenters. The van der Waals surface area contributed by atoms with Gasteiger partial charge in [0.25, 0.3) is 0 Å². The molecule has 0 heterocycles. The zero-order chi connectivity index (χ0) is 14.0. The maximum atomic E-state index is 12.9. The van der Waals surface area contributed by atoms with E-state index in [1.807, 2.05) is 26.0 Å². The van der Waals surface area contributed by atoms with Crippen molar-refractivity contribution < 1.29 is 13.9 Å². The summed E-state index contributed by atoms with van der Waals surface area (Å²) in [6.45, 7) is 3.81. The average molecular weight is 258 g/mol. The van der Waals surface area contributed by atoms with Crippen LogP contribution in [0.15, 0.2) is 36.4 Å². The molecule has 98 valence electrons. The van der Waals surface area contributed by atoms with Crippen LogP contribution in [-0.2, 0) is 0 Å². The van der Waals surface area contributed by atoms with Gasteiger partial charge in [-0.1, -0.05) is 6.07 Å². The van der Waals surface area contributed by atoms with Crippen molar-refractivity contribution in [1.82, 2.24) is 0 Å². The van der Waals surface area contributed by atoms with Crippen LogP contribution >= 0.6 is 0 Å². The Labute approximate surface area is 111 Å². The van der Waals surface area contributed by atoms with E-state index in [0.717, 1.165) is 11.1 Å². The van der Waals surface area contributed by atoms with E-state index in [9.17, 15) is 9.18 Å². The largest absolute Gasteiger partial charge is 0.496 e. The first-order chi connectivity index (χ1) is 9.02. The molecule has 0 N–H and O–H groups in total. The molecule has 0 spiro atoms. The van der Waals surface area contributed by atoms with Gasteiger partial charge in [-0.05, 0) is 55.3 Å². The van der Waals surface area contributed by atoms with Crippen molar-refractivity contribution in [3.05, 3.63) is 64.5 Å². The Kier molecular flexibility index (Phi) is 3.65. The highest BCUT2D eigenvalue weighted by Gasteiger charge is 2.17. The third kappa shape index (κ3) is 2.65. The van der Waals surface area contributed by atoms with Crippen LogP contribution in [0.1, 0.15) is 27.0 Å². The van der Waals surface area contributed by atoms with Gasteiger partial charge in [-0.3, -0.25) is 4.79 Å². The molecule has 0 saturated heterocycles. The third-order valence-electron chi connectivity index (χ3n) is 3.00. The molecule has 2 aromatic carbocycles. The summed E-state index contributed by atoms with van der Waals surface area (Å²) >= 11 is 0. The molecule has 19 heavy (non-hydrogen) atoms. The molecule has 3 heteroatoms. The number of carbonyl (C=O) groups is 1. The number of rotatable bonds is 3. The van der Waals surface area contributed by atoms with Crippen LogP contribution in [0.5, 0.6) is 5.75 Å². The van der Waals surface area contributed by atoms with Crippen LogP contribution in [0.4, 0.5) is 4.39 Å². The van der Waals surface area contributed by atoms with Crippen LogP contribution in [0.2, 0.25) is 0 Å². The highest BCUT2D eigenvalue weighted by Crippen LogP contribution is 2.26. The summed E-state index contributed by atoms with van der Waals surface area (Å²) in [6, 6.07) is 9.28. The summed E-state index contributed by atoms with van der Waals surface area (Å²) in [4.78, 5) is 12.5. The molecule has 0 atom stereocenters. The van der Waals surface area contributed by atoms with Gasteiger partial charge in [-0.25, -0.2) is 4.39 Å². The first-order valence-electron chi connectivity index (χ1n) is 5.98.